The molecule has 2 bridgehead atoms. The smallest absolute Gasteiger partial charge is 0.333 e. The molecule has 0 unspecified atom stereocenters. The molecule has 2 aliphatic carbocycles. The summed E-state index contributed by atoms with van der Waals surface area (Å²) >= 11 is 0. The van der Waals surface area contributed by atoms with E-state index in [0.717, 1.165) is 0 Å². The number of esters is 3. The van der Waals surface area contributed by atoms with E-state index >= 15 is 0 Å². The maximum Gasteiger partial charge on any atom is 0.333 e. The monoisotopic (exact) mass is 489 g/mol. The molecular formula is C25H31NO9. The van der Waals surface area contributed by atoms with E-state index in [4.69, 9.17) is 19.3 Å². The number of carboxylic acid groups (broad SMARTS) is 1. The molecule has 35 heavy (non-hydrogen) atoms. The lowest BCUT2D eigenvalue weighted by molar-refractivity contribution is -0.235. The number of methoxy groups -OCH3 is 1. The quantitative estimate of drug-likeness (QED) is 0.237. The van der Waals surface area contributed by atoms with E-state index in [2.05, 4.69) is 5.32 Å². The lowest BCUT2D eigenvalue weighted by atomic mass is 9.62. The Labute approximate surface area is 203 Å². The first kappa shape index (κ1) is 26.2. The minimum Gasteiger partial charge on any atom is -0.480 e. The number of rotatable bonds is 7. The molecule has 1 heterocycles. The zero-order chi connectivity index (χ0) is 26.0. The van der Waals surface area contributed by atoms with Crippen molar-refractivity contribution in [1.29, 1.82) is 0 Å². The van der Waals surface area contributed by atoms with Crippen molar-refractivity contribution in [3.8, 4) is 0 Å². The molecule has 0 aromatic rings. The molecule has 1 saturated carbocycles. The van der Waals surface area contributed by atoms with Gasteiger partial charge in [-0.3, -0.25) is 19.2 Å². The molecule has 3 aliphatic rings. The molecule has 0 aromatic heterocycles. The van der Waals surface area contributed by atoms with Gasteiger partial charge in [0.05, 0.1) is 7.11 Å². The Morgan fingerprint density at radius 1 is 1.26 bits per heavy atom. The van der Waals surface area contributed by atoms with Gasteiger partial charge in [-0.1, -0.05) is 18.2 Å². The molecule has 0 aromatic carbocycles. The second-order valence-electron chi connectivity index (χ2n) is 9.44. The Morgan fingerprint density at radius 3 is 2.60 bits per heavy atom. The third kappa shape index (κ3) is 4.61. The van der Waals surface area contributed by atoms with Gasteiger partial charge in [0.25, 0.3) is 0 Å². The number of hydrogen-bond donors (Lipinski definition) is 2. The van der Waals surface area contributed by atoms with Crippen LogP contribution in [0.5, 0.6) is 0 Å². The normalized spacial score (nSPS) is 32.1. The zero-order valence-corrected chi connectivity index (χ0v) is 20.3. The van der Waals surface area contributed by atoms with Gasteiger partial charge in [-0.15, -0.1) is 0 Å². The van der Waals surface area contributed by atoms with Gasteiger partial charge >= 0.3 is 23.9 Å². The summed E-state index contributed by atoms with van der Waals surface area (Å²) in [5, 5.41) is 11.0. The molecule has 190 valence electrons. The van der Waals surface area contributed by atoms with Crippen LogP contribution in [-0.2, 0) is 38.2 Å². The molecule has 0 spiro atoms. The van der Waals surface area contributed by atoms with Crippen molar-refractivity contribution in [1.82, 2.24) is 5.32 Å². The summed E-state index contributed by atoms with van der Waals surface area (Å²) in [7, 11) is 1.29. The predicted octanol–water partition coefficient (Wildman–Crippen LogP) is 1.99. The van der Waals surface area contributed by atoms with E-state index in [-0.39, 0.29) is 30.8 Å². The summed E-state index contributed by atoms with van der Waals surface area (Å²) in [6.07, 6.45) is 8.16. The fourth-order valence-electron chi connectivity index (χ4n) is 5.75. The molecule has 4 atom stereocenters. The topological polar surface area (TPSA) is 145 Å². The highest BCUT2D eigenvalue weighted by molar-refractivity contribution is 5.94. The third-order valence-corrected chi connectivity index (χ3v) is 7.40. The van der Waals surface area contributed by atoms with Crippen molar-refractivity contribution >= 4 is 29.8 Å². The van der Waals surface area contributed by atoms with E-state index in [1.54, 1.807) is 25.2 Å². The molecule has 2 N–H and O–H groups in total. The lowest BCUT2D eigenvalue weighted by Gasteiger charge is -2.54. The fraction of sp³-hybridized carbons (Fsp3) is 0.560. The van der Waals surface area contributed by atoms with Crippen molar-refractivity contribution in [2.24, 2.45) is 11.3 Å². The molecule has 2 fully saturated rings. The van der Waals surface area contributed by atoms with Crippen LogP contribution >= 0.6 is 0 Å². The summed E-state index contributed by atoms with van der Waals surface area (Å²) < 4.78 is 16.8. The Morgan fingerprint density at radius 2 is 1.97 bits per heavy atom. The van der Waals surface area contributed by atoms with Gasteiger partial charge in [0.2, 0.25) is 5.91 Å². The highest BCUT2D eigenvalue weighted by Crippen LogP contribution is 2.65. The zero-order valence-electron chi connectivity index (χ0n) is 20.3. The molecule has 0 radical (unpaired) electrons. The van der Waals surface area contributed by atoms with Crippen molar-refractivity contribution in [2.75, 3.05) is 13.7 Å². The van der Waals surface area contributed by atoms with Crippen LogP contribution in [0.4, 0.5) is 0 Å². The number of amides is 1. The first-order valence-corrected chi connectivity index (χ1v) is 11.5. The van der Waals surface area contributed by atoms with E-state index in [0.29, 0.717) is 18.4 Å². The number of nitrogens with one attached hydrogen (secondary N) is 1. The SMILES string of the molecule is COC(=O)C1=CC[C@@]23CC[C@@H]([C@@](C)(/C=C/C=C(\C)C(=O)NCC(=O)O)OC2=O)[C@@]3(OC(C)=O)CC1. The number of cyclic esters (lactones) is 1. The standard InChI is InChI=1S/C25H31NO9/c1-15(20(30)26-14-19(28)29)6-5-10-23(3)18-9-12-24(22(32)35-23)11-7-17(21(31)33-4)8-13-25(18,24)34-16(2)27/h5-7,10,18H,8-9,11-14H2,1-4H3,(H,26,30)(H,28,29)/b10-5+,15-6+/t18-,23+,24+,25-/m0/s1. The van der Waals surface area contributed by atoms with E-state index < -0.39 is 52.9 Å². The van der Waals surface area contributed by atoms with Crippen LogP contribution in [0.15, 0.2) is 35.5 Å². The summed E-state index contributed by atoms with van der Waals surface area (Å²) in [5.74, 6) is -3.57. The second-order valence-corrected chi connectivity index (χ2v) is 9.44. The first-order chi connectivity index (χ1) is 16.4. The van der Waals surface area contributed by atoms with Gasteiger partial charge < -0.3 is 24.6 Å². The number of carbonyl (C=O) groups excluding carboxylic acids is 4. The van der Waals surface area contributed by atoms with Crippen LogP contribution in [-0.4, -0.2) is 59.7 Å². The van der Waals surface area contributed by atoms with Gasteiger partial charge in [0, 0.05) is 24.0 Å². The number of allylic oxidation sites excluding steroid dienone is 3. The third-order valence-electron chi connectivity index (χ3n) is 7.40. The lowest BCUT2D eigenvalue weighted by Crippen LogP contribution is -2.65. The van der Waals surface area contributed by atoms with E-state index in [1.807, 2.05) is 0 Å². The molecular weight excluding hydrogens is 458 g/mol. The Kier molecular flexibility index (Phi) is 7.23. The first-order valence-electron chi connectivity index (χ1n) is 11.5. The average Bonchev–Trinajstić information content (AvgIpc) is 2.93. The number of carboxylic acids is 1. The number of hydrogen-bond acceptors (Lipinski definition) is 8. The number of aliphatic carboxylic acids is 1. The van der Waals surface area contributed by atoms with Crippen LogP contribution in [0.1, 0.15) is 52.9 Å². The van der Waals surface area contributed by atoms with Crippen molar-refractivity contribution in [2.45, 2.75) is 64.1 Å². The van der Waals surface area contributed by atoms with Gasteiger partial charge in [-0.25, -0.2) is 4.79 Å². The molecule has 10 nitrogen and oxygen atoms in total. The van der Waals surface area contributed by atoms with Crippen molar-refractivity contribution in [3.63, 3.8) is 0 Å². The summed E-state index contributed by atoms with van der Waals surface area (Å²) in [4.78, 5) is 60.7. The molecule has 3 rings (SSSR count). The molecule has 1 saturated heterocycles. The Balaban J connectivity index is 1.95. The maximum absolute atomic E-state index is 13.5. The second kappa shape index (κ2) is 9.67. The van der Waals surface area contributed by atoms with Crippen molar-refractivity contribution < 1.29 is 43.3 Å². The summed E-state index contributed by atoms with van der Waals surface area (Å²) in [6, 6.07) is 0. The average molecular weight is 490 g/mol. The fourth-order valence-corrected chi connectivity index (χ4v) is 5.75. The predicted molar refractivity (Wildman–Crippen MR) is 122 cm³/mol. The van der Waals surface area contributed by atoms with Crippen LogP contribution < -0.4 is 5.32 Å². The largest absolute Gasteiger partial charge is 0.480 e. The van der Waals surface area contributed by atoms with Gasteiger partial charge in [0.15, 0.2) is 0 Å². The minimum absolute atomic E-state index is 0.197. The van der Waals surface area contributed by atoms with Crippen molar-refractivity contribution in [3.05, 3.63) is 35.5 Å². The van der Waals surface area contributed by atoms with E-state index in [9.17, 15) is 24.0 Å². The van der Waals surface area contributed by atoms with Crippen LogP contribution in [0.25, 0.3) is 0 Å². The molecule has 10 heteroatoms. The highest BCUT2D eigenvalue weighted by Gasteiger charge is 2.74. The van der Waals surface area contributed by atoms with Crippen LogP contribution in [0.2, 0.25) is 0 Å². The number of ether oxygens (including phenoxy) is 3. The Bertz CT molecular complexity index is 1040. The number of carbonyl (C=O) groups is 5. The van der Waals surface area contributed by atoms with Gasteiger partial charge in [-0.05, 0) is 52.0 Å². The highest BCUT2D eigenvalue weighted by atomic mass is 16.6. The van der Waals surface area contributed by atoms with Gasteiger partial charge in [-0.2, -0.15) is 0 Å². The summed E-state index contributed by atoms with van der Waals surface area (Å²) in [5.41, 5.74) is -2.71. The summed E-state index contributed by atoms with van der Waals surface area (Å²) in [6.45, 7) is 4.07. The Hall–Kier alpha value is -3.43. The van der Waals surface area contributed by atoms with E-state index in [1.165, 1.54) is 27.0 Å². The molecule has 1 aliphatic heterocycles. The van der Waals surface area contributed by atoms with Gasteiger partial charge in [0.1, 0.15) is 23.2 Å². The van der Waals surface area contributed by atoms with Crippen LogP contribution in [0.3, 0.4) is 0 Å². The minimum atomic E-state index is -1.17. The van der Waals surface area contributed by atoms with Crippen LogP contribution in [0, 0.1) is 11.3 Å². The molecule has 1 amide bonds. The maximum atomic E-state index is 13.5.